The zero-order valence-electron chi connectivity index (χ0n) is 18.5. The lowest BCUT2D eigenvalue weighted by molar-refractivity contribution is -0.127. The Bertz CT molecular complexity index is 1050. The molecule has 1 saturated heterocycles. The highest BCUT2D eigenvalue weighted by molar-refractivity contribution is 7.89. The SMILES string of the molecule is CC(C)[C@H](NC(=O)C1CCN(S(=O)(=O)c2ccccc2)CC1)c1ccc2c(c1)OCCO2. The van der Waals surface area contributed by atoms with Crippen molar-refractivity contribution in [3.05, 3.63) is 54.1 Å². The molecule has 2 aromatic rings. The number of hydrogen-bond donors (Lipinski definition) is 1. The molecule has 172 valence electrons. The average Bonchev–Trinajstić information content (AvgIpc) is 2.82. The molecule has 0 bridgehead atoms. The summed E-state index contributed by atoms with van der Waals surface area (Å²) in [6.07, 6.45) is 1.01. The Morgan fingerprint density at radius 1 is 1.00 bits per heavy atom. The first-order valence-electron chi connectivity index (χ1n) is 11.1. The number of amides is 1. The van der Waals surface area contributed by atoms with Gasteiger partial charge in [-0.1, -0.05) is 38.1 Å². The van der Waals surface area contributed by atoms with E-state index in [2.05, 4.69) is 19.2 Å². The maximum absolute atomic E-state index is 13.1. The summed E-state index contributed by atoms with van der Waals surface area (Å²) >= 11 is 0. The molecule has 1 fully saturated rings. The van der Waals surface area contributed by atoms with Gasteiger partial charge in [-0.15, -0.1) is 0 Å². The van der Waals surface area contributed by atoms with Crippen molar-refractivity contribution in [2.24, 2.45) is 11.8 Å². The molecule has 2 aliphatic rings. The monoisotopic (exact) mass is 458 g/mol. The second-order valence-electron chi connectivity index (χ2n) is 8.62. The van der Waals surface area contributed by atoms with Crippen LogP contribution in [-0.2, 0) is 14.8 Å². The van der Waals surface area contributed by atoms with Crippen LogP contribution in [0.25, 0.3) is 0 Å². The fraction of sp³-hybridized carbons (Fsp3) is 0.458. The molecule has 1 N–H and O–H groups in total. The third-order valence-electron chi connectivity index (χ3n) is 6.10. The molecule has 0 unspecified atom stereocenters. The molecule has 0 spiro atoms. The predicted octanol–water partition coefficient (Wildman–Crippen LogP) is 3.37. The van der Waals surface area contributed by atoms with Crippen molar-refractivity contribution >= 4 is 15.9 Å². The Morgan fingerprint density at radius 3 is 2.31 bits per heavy atom. The number of fused-ring (bicyclic) bond motifs is 1. The van der Waals surface area contributed by atoms with Crippen molar-refractivity contribution in [3.63, 3.8) is 0 Å². The third kappa shape index (κ3) is 4.76. The first-order chi connectivity index (χ1) is 15.4. The number of benzene rings is 2. The first-order valence-corrected chi connectivity index (χ1v) is 12.6. The van der Waals surface area contributed by atoms with Gasteiger partial charge in [-0.25, -0.2) is 8.42 Å². The molecule has 1 atom stereocenters. The summed E-state index contributed by atoms with van der Waals surface area (Å²) in [4.78, 5) is 13.4. The van der Waals surface area contributed by atoms with Crippen LogP contribution in [-0.4, -0.2) is 44.9 Å². The number of hydrogen-bond acceptors (Lipinski definition) is 5. The van der Waals surface area contributed by atoms with E-state index < -0.39 is 10.0 Å². The molecule has 0 radical (unpaired) electrons. The maximum atomic E-state index is 13.1. The van der Waals surface area contributed by atoms with Gasteiger partial charge in [0, 0.05) is 19.0 Å². The van der Waals surface area contributed by atoms with E-state index in [1.165, 1.54) is 4.31 Å². The topological polar surface area (TPSA) is 84.9 Å². The van der Waals surface area contributed by atoms with Crippen molar-refractivity contribution < 1.29 is 22.7 Å². The van der Waals surface area contributed by atoms with Crippen LogP contribution in [0.2, 0.25) is 0 Å². The highest BCUT2D eigenvalue weighted by atomic mass is 32.2. The van der Waals surface area contributed by atoms with Gasteiger partial charge in [0.05, 0.1) is 10.9 Å². The average molecular weight is 459 g/mol. The predicted molar refractivity (Wildman–Crippen MR) is 121 cm³/mol. The molecule has 4 rings (SSSR count). The molecule has 2 aromatic carbocycles. The minimum atomic E-state index is -3.52. The van der Waals surface area contributed by atoms with Crippen molar-refractivity contribution in [1.29, 1.82) is 0 Å². The zero-order chi connectivity index (χ0) is 22.7. The van der Waals surface area contributed by atoms with Gasteiger partial charge >= 0.3 is 0 Å². The summed E-state index contributed by atoms with van der Waals surface area (Å²) in [5, 5.41) is 3.19. The van der Waals surface area contributed by atoms with E-state index in [0.717, 1.165) is 11.3 Å². The van der Waals surface area contributed by atoms with Crippen molar-refractivity contribution in [2.45, 2.75) is 37.6 Å². The fourth-order valence-corrected chi connectivity index (χ4v) is 5.75. The van der Waals surface area contributed by atoms with Crippen LogP contribution in [0.3, 0.4) is 0 Å². The van der Waals surface area contributed by atoms with Crippen molar-refractivity contribution in [3.8, 4) is 11.5 Å². The van der Waals surface area contributed by atoms with Crippen LogP contribution in [0.1, 0.15) is 38.3 Å². The van der Waals surface area contributed by atoms with Gasteiger partial charge in [0.15, 0.2) is 11.5 Å². The van der Waals surface area contributed by atoms with Gasteiger partial charge in [0.1, 0.15) is 13.2 Å². The quantitative estimate of drug-likeness (QED) is 0.717. The molecule has 2 heterocycles. The standard InChI is InChI=1S/C24H30N2O5S/c1-17(2)23(19-8-9-21-22(16-19)31-15-14-30-21)25-24(27)18-10-12-26(13-11-18)32(28,29)20-6-4-3-5-7-20/h3-9,16-18,23H,10-15H2,1-2H3,(H,25,27)/t23-/m0/s1. The molecular weight excluding hydrogens is 428 g/mol. The number of nitrogens with one attached hydrogen (secondary N) is 1. The third-order valence-corrected chi connectivity index (χ3v) is 8.01. The van der Waals surface area contributed by atoms with Gasteiger partial charge in [0.25, 0.3) is 0 Å². The Hall–Kier alpha value is -2.58. The van der Waals surface area contributed by atoms with E-state index in [4.69, 9.17) is 9.47 Å². The van der Waals surface area contributed by atoms with Crippen LogP contribution >= 0.6 is 0 Å². The molecule has 2 aliphatic heterocycles. The number of carbonyl (C=O) groups excluding carboxylic acids is 1. The summed E-state index contributed by atoms with van der Waals surface area (Å²) < 4.78 is 38.4. The second kappa shape index (κ2) is 9.50. The van der Waals surface area contributed by atoms with E-state index in [0.29, 0.717) is 49.8 Å². The number of piperidine rings is 1. The Labute approximate surface area is 189 Å². The van der Waals surface area contributed by atoms with E-state index in [-0.39, 0.29) is 23.8 Å². The van der Waals surface area contributed by atoms with Gasteiger partial charge in [-0.3, -0.25) is 4.79 Å². The van der Waals surface area contributed by atoms with Gasteiger partial charge in [-0.2, -0.15) is 4.31 Å². The fourth-order valence-electron chi connectivity index (χ4n) is 4.26. The molecule has 0 aliphatic carbocycles. The maximum Gasteiger partial charge on any atom is 0.243 e. The van der Waals surface area contributed by atoms with E-state index in [9.17, 15) is 13.2 Å². The number of rotatable bonds is 6. The normalized spacial score (nSPS) is 18.3. The minimum absolute atomic E-state index is 0.0321. The molecule has 7 nitrogen and oxygen atoms in total. The summed E-state index contributed by atoms with van der Waals surface area (Å²) in [7, 11) is -3.52. The van der Waals surface area contributed by atoms with Crippen LogP contribution in [0.4, 0.5) is 0 Å². The van der Waals surface area contributed by atoms with Crippen LogP contribution in [0, 0.1) is 11.8 Å². The Morgan fingerprint density at radius 2 is 1.66 bits per heavy atom. The van der Waals surface area contributed by atoms with Gasteiger partial charge < -0.3 is 14.8 Å². The highest BCUT2D eigenvalue weighted by Gasteiger charge is 2.33. The number of carbonyl (C=O) groups is 1. The van der Waals surface area contributed by atoms with Crippen LogP contribution < -0.4 is 14.8 Å². The van der Waals surface area contributed by atoms with Crippen molar-refractivity contribution in [1.82, 2.24) is 9.62 Å². The lowest BCUT2D eigenvalue weighted by Gasteiger charge is -2.32. The number of nitrogens with zero attached hydrogens (tertiary/aromatic N) is 1. The second-order valence-corrected chi connectivity index (χ2v) is 10.6. The summed E-state index contributed by atoms with van der Waals surface area (Å²) in [6, 6.07) is 14.1. The smallest absolute Gasteiger partial charge is 0.243 e. The summed E-state index contributed by atoms with van der Waals surface area (Å²) in [5.74, 6) is 1.36. The summed E-state index contributed by atoms with van der Waals surface area (Å²) in [5.41, 5.74) is 0.974. The molecular formula is C24H30N2O5S. The zero-order valence-corrected chi connectivity index (χ0v) is 19.3. The van der Waals surface area contributed by atoms with E-state index >= 15 is 0 Å². The Kier molecular flexibility index (Phi) is 6.71. The Balaban J connectivity index is 1.40. The van der Waals surface area contributed by atoms with Gasteiger partial charge in [0.2, 0.25) is 15.9 Å². The lowest BCUT2D eigenvalue weighted by atomic mass is 9.92. The van der Waals surface area contributed by atoms with Gasteiger partial charge in [-0.05, 0) is 48.6 Å². The first kappa shape index (κ1) is 22.6. The molecule has 8 heteroatoms. The molecule has 1 amide bonds. The lowest BCUT2D eigenvalue weighted by Crippen LogP contribution is -2.44. The highest BCUT2D eigenvalue weighted by Crippen LogP contribution is 2.35. The molecule has 0 saturated carbocycles. The number of ether oxygens (including phenoxy) is 2. The van der Waals surface area contributed by atoms with Crippen LogP contribution in [0.5, 0.6) is 11.5 Å². The van der Waals surface area contributed by atoms with E-state index in [1.54, 1.807) is 30.3 Å². The minimum Gasteiger partial charge on any atom is -0.486 e. The molecule has 32 heavy (non-hydrogen) atoms. The van der Waals surface area contributed by atoms with E-state index in [1.807, 2.05) is 18.2 Å². The van der Waals surface area contributed by atoms with Crippen LogP contribution in [0.15, 0.2) is 53.4 Å². The summed E-state index contributed by atoms with van der Waals surface area (Å²) in [6.45, 7) is 5.86. The molecule has 0 aromatic heterocycles. The van der Waals surface area contributed by atoms with Crippen molar-refractivity contribution in [2.75, 3.05) is 26.3 Å². The number of sulfonamides is 1. The largest absolute Gasteiger partial charge is 0.486 e.